The van der Waals surface area contributed by atoms with Gasteiger partial charge in [-0.2, -0.15) is 5.10 Å². The summed E-state index contributed by atoms with van der Waals surface area (Å²) in [5.74, 6) is 0.587. The molecule has 0 aliphatic heterocycles. The Morgan fingerprint density at radius 1 is 1.53 bits per heavy atom. The lowest BCUT2D eigenvalue weighted by Gasteiger charge is -2.02. The van der Waals surface area contributed by atoms with Crippen LogP contribution < -0.4 is 5.32 Å². The predicted octanol–water partition coefficient (Wildman–Crippen LogP) is 3.10. The third kappa shape index (κ3) is 8.35. The van der Waals surface area contributed by atoms with E-state index in [0.717, 1.165) is 6.42 Å². The molecule has 4 nitrogen and oxygen atoms in total. The molecule has 0 bridgehead atoms. The lowest BCUT2D eigenvalue weighted by Crippen LogP contribution is -2.13. The van der Waals surface area contributed by atoms with Gasteiger partial charge in [-0.3, -0.25) is 9.89 Å². The zero-order valence-electron chi connectivity index (χ0n) is 12.4. The maximum absolute atomic E-state index is 12.4. The molecule has 1 atom stereocenters. The van der Waals surface area contributed by atoms with E-state index in [0.29, 0.717) is 31.7 Å². The molecule has 0 radical (unpaired) electrons. The third-order valence-electron chi connectivity index (χ3n) is 2.86. The number of halogens is 1. The number of alkyl halides is 1. The van der Waals surface area contributed by atoms with Gasteiger partial charge in [0.1, 0.15) is 0 Å². The monoisotopic (exact) mass is 271 g/mol. The predicted molar refractivity (Wildman–Crippen MR) is 75.9 cm³/mol. The third-order valence-corrected chi connectivity index (χ3v) is 2.86. The van der Waals surface area contributed by atoms with Gasteiger partial charge >= 0.3 is 0 Å². The molecule has 0 saturated carbocycles. The summed E-state index contributed by atoms with van der Waals surface area (Å²) >= 11 is 0. The smallest absolute Gasteiger partial charge is 0.207 e. The molecule has 1 rings (SSSR count). The minimum atomic E-state index is -0.701. The molecule has 0 aliphatic rings. The first-order chi connectivity index (χ1) is 9.02. The van der Waals surface area contributed by atoms with Crippen molar-refractivity contribution in [3.05, 3.63) is 17.5 Å². The first-order valence-electron chi connectivity index (χ1n) is 6.83. The molecule has 110 valence electrons. The highest BCUT2D eigenvalue weighted by molar-refractivity contribution is 5.45. The number of H-pyrrole nitrogens is 1. The van der Waals surface area contributed by atoms with Crippen LogP contribution in [0.15, 0.2) is 6.20 Å². The van der Waals surface area contributed by atoms with Crippen molar-refractivity contribution in [2.45, 2.75) is 59.0 Å². The minimum absolute atomic E-state index is 0.553. The van der Waals surface area contributed by atoms with Gasteiger partial charge in [0, 0.05) is 12.2 Å². The van der Waals surface area contributed by atoms with Gasteiger partial charge in [-0.25, -0.2) is 4.39 Å². The highest BCUT2D eigenvalue weighted by Crippen LogP contribution is 2.14. The normalized spacial score (nSPS) is 11.7. The Labute approximate surface area is 115 Å². The van der Waals surface area contributed by atoms with Crippen LogP contribution in [0.4, 0.5) is 4.39 Å². The molecule has 19 heavy (non-hydrogen) atoms. The van der Waals surface area contributed by atoms with Crippen molar-refractivity contribution in [2.24, 2.45) is 0 Å². The highest BCUT2D eigenvalue weighted by atomic mass is 19.1. The quantitative estimate of drug-likeness (QED) is 0.591. The van der Waals surface area contributed by atoms with Gasteiger partial charge in [0.05, 0.1) is 12.4 Å². The van der Waals surface area contributed by atoms with Crippen molar-refractivity contribution >= 4 is 6.41 Å². The van der Waals surface area contributed by atoms with Gasteiger partial charge in [0.15, 0.2) is 0 Å². The largest absolute Gasteiger partial charge is 0.359 e. The van der Waals surface area contributed by atoms with E-state index in [9.17, 15) is 9.18 Å². The molecule has 5 heteroatoms. The SMILES string of the molecule is CCC(F)CCCNC=O.Cc1[nH]ncc1C(C)C. The molecule has 1 aromatic heterocycles. The standard InChI is InChI=1S/C7H14FNO.C7H12N2/c1-2-7(8)4-3-5-9-6-10;1-5(2)7-4-8-9-6(7)3/h6-7H,2-5H2,1H3,(H,9,10);4-5H,1-3H3,(H,8,9). The van der Waals surface area contributed by atoms with Crippen molar-refractivity contribution in [2.75, 3.05) is 6.54 Å². The maximum atomic E-state index is 12.4. The molecule has 1 amide bonds. The fourth-order valence-corrected chi connectivity index (χ4v) is 1.63. The fourth-order valence-electron chi connectivity index (χ4n) is 1.63. The first-order valence-corrected chi connectivity index (χ1v) is 6.83. The Kier molecular flexibility index (Phi) is 9.75. The lowest BCUT2D eigenvalue weighted by atomic mass is 10.1. The average Bonchev–Trinajstić information content (AvgIpc) is 2.81. The van der Waals surface area contributed by atoms with E-state index < -0.39 is 6.17 Å². The van der Waals surface area contributed by atoms with Crippen molar-refractivity contribution in [3.8, 4) is 0 Å². The highest BCUT2D eigenvalue weighted by Gasteiger charge is 2.02. The molecule has 0 spiro atoms. The van der Waals surface area contributed by atoms with E-state index in [2.05, 4.69) is 29.4 Å². The summed E-state index contributed by atoms with van der Waals surface area (Å²) in [4.78, 5) is 9.71. The number of carbonyl (C=O) groups is 1. The zero-order valence-corrected chi connectivity index (χ0v) is 12.4. The van der Waals surface area contributed by atoms with Crippen LogP contribution >= 0.6 is 0 Å². The second-order valence-corrected chi connectivity index (χ2v) is 4.82. The number of hydrogen-bond donors (Lipinski definition) is 2. The molecular formula is C14H26FN3O. The summed E-state index contributed by atoms with van der Waals surface area (Å²) in [6.07, 6.45) is 3.68. The molecule has 0 saturated heterocycles. The van der Waals surface area contributed by atoms with Crippen LogP contribution in [0.25, 0.3) is 0 Å². The molecule has 1 unspecified atom stereocenters. The first kappa shape index (κ1) is 17.6. The molecule has 0 aliphatic carbocycles. The van der Waals surface area contributed by atoms with Crippen LogP contribution in [0.2, 0.25) is 0 Å². The average molecular weight is 271 g/mol. The number of carbonyl (C=O) groups excluding carboxylic acids is 1. The van der Waals surface area contributed by atoms with Crippen LogP contribution in [0.5, 0.6) is 0 Å². The molecule has 1 heterocycles. The zero-order chi connectivity index (χ0) is 14.7. The Balaban J connectivity index is 0.000000342. The van der Waals surface area contributed by atoms with Gasteiger partial charge in [0.25, 0.3) is 0 Å². The molecule has 1 aromatic rings. The second-order valence-electron chi connectivity index (χ2n) is 4.82. The Morgan fingerprint density at radius 2 is 2.21 bits per heavy atom. The van der Waals surface area contributed by atoms with Gasteiger partial charge < -0.3 is 5.32 Å². The van der Waals surface area contributed by atoms with Gasteiger partial charge in [0.2, 0.25) is 6.41 Å². The van der Waals surface area contributed by atoms with Crippen LogP contribution in [0, 0.1) is 6.92 Å². The van der Waals surface area contributed by atoms with E-state index >= 15 is 0 Å². The Morgan fingerprint density at radius 3 is 2.58 bits per heavy atom. The molecular weight excluding hydrogens is 245 g/mol. The second kappa shape index (κ2) is 10.5. The van der Waals surface area contributed by atoms with E-state index in [1.54, 1.807) is 0 Å². The summed E-state index contributed by atoms with van der Waals surface area (Å²) in [6.45, 7) is 8.78. The van der Waals surface area contributed by atoms with Crippen LogP contribution in [-0.2, 0) is 4.79 Å². The summed E-state index contributed by atoms with van der Waals surface area (Å²) in [5.41, 5.74) is 2.50. The van der Waals surface area contributed by atoms with Crippen LogP contribution in [0.1, 0.15) is 57.2 Å². The summed E-state index contributed by atoms with van der Waals surface area (Å²) < 4.78 is 12.4. The number of amides is 1. The van der Waals surface area contributed by atoms with Crippen molar-refractivity contribution in [3.63, 3.8) is 0 Å². The van der Waals surface area contributed by atoms with Crippen LogP contribution in [0.3, 0.4) is 0 Å². The molecule has 0 aromatic carbocycles. The van der Waals surface area contributed by atoms with E-state index in [4.69, 9.17) is 0 Å². The summed E-state index contributed by atoms with van der Waals surface area (Å²) in [5, 5.41) is 9.30. The Hall–Kier alpha value is -1.39. The van der Waals surface area contributed by atoms with E-state index in [-0.39, 0.29) is 0 Å². The number of rotatable bonds is 7. The van der Waals surface area contributed by atoms with Crippen molar-refractivity contribution in [1.29, 1.82) is 0 Å². The number of aromatic amines is 1. The maximum Gasteiger partial charge on any atom is 0.207 e. The fraction of sp³-hybridized carbons (Fsp3) is 0.714. The topological polar surface area (TPSA) is 57.8 Å². The van der Waals surface area contributed by atoms with Crippen LogP contribution in [-0.4, -0.2) is 29.3 Å². The van der Waals surface area contributed by atoms with Gasteiger partial charge in [-0.1, -0.05) is 20.8 Å². The number of aromatic nitrogens is 2. The Bertz CT molecular complexity index is 339. The lowest BCUT2D eigenvalue weighted by molar-refractivity contribution is -0.109. The molecule has 2 N–H and O–H groups in total. The minimum Gasteiger partial charge on any atom is -0.359 e. The number of nitrogens with one attached hydrogen (secondary N) is 2. The number of aryl methyl sites for hydroxylation is 1. The van der Waals surface area contributed by atoms with E-state index in [1.807, 2.05) is 20.0 Å². The molecule has 0 fully saturated rings. The van der Waals surface area contributed by atoms with Crippen molar-refractivity contribution in [1.82, 2.24) is 15.5 Å². The summed E-state index contributed by atoms with van der Waals surface area (Å²) in [6, 6.07) is 0. The van der Waals surface area contributed by atoms with Crippen molar-refractivity contribution < 1.29 is 9.18 Å². The number of nitrogens with zero attached hydrogens (tertiary/aromatic N) is 1. The number of hydrogen-bond acceptors (Lipinski definition) is 2. The van der Waals surface area contributed by atoms with E-state index in [1.165, 1.54) is 11.3 Å². The van der Waals surface area contributed by atoms with Gasteiger partial charge in [-0.05, 0) is 37.7 Å². The van der Waals surface area contributed by atoms with Gasteiger partial charge in [-0.15, -0.1) is 0 Å². The summed E-state index contributed by atoms with van der Waals surface area (Å²) in [7, 11) is 0.